The van der Waals surface area contributed by atoms with Crippen LogP contribution in [0.15, 0.2) is 47.4 Å². The Bertz CT molecular complexity index is 1730. The minimum atomic E-state index is -2.97. The molecule has 0 atom stereocenters. The van der Waals surface area contributed by atoms with E-state index in [1.807, 2.05) is 10.5 Å². The number of nitrogens with zero attached hydrogens (tertiary/aromatic N) is 5. The number of hydroxylamine groups is 1. The normalized spacial score (nSPS) is 15.8. The van der Waals surface area contributed by atoms with Crippen LogP contribution >= 0.6 is 11.9 Å². The number of aromatic nitrogens is 2. The van der Waals surface area contributed by atoms with Crippen molar-refractivity contribution in [1.82, 2.24) is 24.2 Å². The second-order valence-electron chi connectivity index (χ2n) is 11.2. The summed E-state index contributed by atoms with van der Waals surface area (Å²) in [6.07, 6.45) is 2.32. The molecule has 15 heteroatoms. The number of nitriles is 1. The number of ether oxygens (including phenoxy) is 1. The van der Waals surface area contributed by atoms with Crippen molar-refractivity contribution in [2.24, 2.45) is 7.05 Å². The van der Waals surface area contributed by atoms with Crippen LogP contribution in [0.3, 0.4) is 0 Å². The first-order valence-corrected chi connectivity index (χ1v) is 15.5. The van der Waals surface area contributed by atoms with Gasteiger partial charge in [0.2, 0.25) is 5.88 Å². The van der Waals surface area contributed by atoms with Gasteiger partial charge in [-0.05, 0) is 73.2 Å². The summed E-state index contributed by atoms with van der Waals surface area (Å²) in [6.45, 7) is 4.05. The lowest BCUT2D eigenvalue weighted by Gasteiger charge is -2.39. The number of likely N-dealkylation sites (tertiary alicyclic amines) is 1. The maximum atomic E-state index is 13.6. The number of anilines is 1. The highest BCUT2D eigenvalue weighted by Gasteiger charge is 2.46. The summed E-state index contributed by atoms with van der Waals surface area (Å²) in [5.41, 5.74) is 1.01. The van der Waals surface area contributed by atoms with Crippen molar-refractivity contribution in [1.29, 1.82) is 5.26 Å². The molecule has 0 saturated carbocycles. The molecule has 3 aromatic rings. The molecular formula is C31H33F2N7O5S. The number of rotatable bonds is 11. The summed E-state index contributed by atoms with van der Waals surface area (Å²) < 4.78 is 36.1. The molecule has 2 amide bonds. The maximum absolute atomic E-state index is 13.6. The van der Waals surface area contributed by atoms with E-state index < -0.39 is 36.4 Å². The summed E-state index contributed by atoms with van der Waals surface area (Å²) in [6, 6.07) is 10.9. The van der Waals surface area contributed by atoms with Crippen molar-refractivity contribution in [3.63, 3.8) is 0 Å². The molecule has 2 aliphatic heterocycles. The van der Waals surface area contributed by atoms with Crippen LogP contribution in [0.4, 0.5) is 14.6 Å². The molecule has 46 heavy (non-hydrogen) atoms. The molecule has 2 fully saturated rings. The zero-order chi connectivity index (χ0) is 33.0. The van der Waals surface area contributed by atoms with Gasteiger partial charge in [-0.1, -0.05) is 6.07 Å². The number of carbonyl (C=O) groups is 2. The quantitative estimate of drug-likeness (QED) is 0.178. The number of carbonyl (C=O) groups excluding carboxylic acids is 2. The molecule has 0 spiro atoms. The third-order valence-corrected chi connectivity index (χ3v) is 7.98. The van der Waals surface area contributed by atoms with E-state index in [0.29, 0.717) is 35.7 Å². The zero-order valence-electron chi connectivity index (χ0n) is 25.5. The summed E-state index contributed by atoms with van der Waals surface area (Å²) in [5, 5.41) is 15.4. The molecule has 1 aromatic carbocycles. The predicted molar refractivity (Wildman–Crippen MR) is 167 cm³/mol. The van der Waals surface area contributed by atoms with Crippen molar-refractivity contribution in [2.45, 2.75) is 38.8 Å². The Hall–Kier alpha value is -4.36. The highest BCUT2D eigenvalue weighted by Crippen LogP contribution is 2.34. The lowest BCUT2D eigenvalue weighted by molar-refractivity contribution is -0.113. The van der Waals surface area contributed by atoms with Crippen LogP contribution in [0.25, 0.3) is 11.1 Å². The van der Waals surface area contributed by atoms with Gasteiger partial charge in [-0.25, -0.2) is 8.78 Å². The standard InChI is InChI=1S/C31H33F2N7O5S/c1-19(2)45-27-12-22(23-6-5-20(13-34)9-24(23)30(43)39-16-31(32,33)17-39)11-26(36-27)37-28(41)25-10-21(15-38(3)29(25)42)14-35-18-46-40-7-4-8-44-40/h5-6,9-12,15,19,35H,4,7-8,14,16-18H2,1-3H3,(H,36,37,41). The van der Waals surface area contributed by atoms with Crippen LogP contribution < -0.4 is 20.9 Å². The Morgan fingerprint density at radius 3 is 2.65 bits per heavy atom. The van der Waals surface area contributed by atoms with E-state index >= 15 is 0 Å². The average Bonchev–Trinajstić information content (AvgIpc) is 3.52. The Balaban J connectivity index is 1.41. The van der Waals surface area contributed by atoms with Crippen LogP contribution in [0.1, 0.15) is 52.1 Å². The van der Waals surface area contributed by atoms with Gasteiger partial charge in [-0.15, -0.1) is 4.47 Å². The van der Waals surface area contributed by atoms with E-state index in [0.717, 1.165) is 17.9 Å². The molecule has 242 valence electrons. The smallest absolute Gasteiger partial charge is 0.282 e. The van der Waals surface area contributed by atoms with Crippen LogP contribution in [-0.4, -0.2) is 74.9 Å². The second-order valence-corrected chi connectivity index (χ2v) is 12.2. The molecule has 0 aliphatic carbocycles. The fraction of sp³-hybridized carbons (Fsp3) is 0.387. The highest BCUT2D eigenvalue weighted by atomic mass is 32.2. The lowest BCUT2D eigenvalue weighted by atomic mass is 9.96. The summed E-state index contributed by atoms with van der Waals surface area (Å²) in [5.74, 6) is -3.62. The third-order valence-electron chi connectivity index (χ3n) is 7.07. The zero-order valence-corrected chi connectivity index (χ0v) is 26.3. The van der Waals surface area contributed by atoms with Gasteiger partial charge in [0.25, 0.3) is 23.3 Å². The molecule has 2 saturated heterocycles. The SMILES string of the molecule is CC(C)Oc1cc(-c2ccc(C#N)cc2C(=O)N2CC(F)(F)C2)cc(NC(=O)c2cc(CNCSN3CCCO3)cn(C)c2=O)n1. The molecule has 0 bridgehead atoms. The van der Waals surface area contributed by atoms with E-state index in [9.17, 15) is 28.4 Å². The van der Waals surface area contributed by atoms with Crippen molar-refractivity contribution in [3.8, 4) is 23.1 Å². The summed E-state index contributed by atoms with van der Waals surface area (Å²) in [7, 11) is 1.56. The van der Waals surface area contributed by atoms with E-state index in [-0.39, 0.29) is 34.5 Å². The van der Waals surface area contributed by atoms with Crippen molar-refractivity contribution in [3.05, 3.63) is 75.2 Å². The summed E-state index contributed by atoms with van der Waals surface area (Å²) >= 11 is 1.50. The molecule has 5 rings (SSSR count). The Morgan fingerprint density at radius 2 is 1.98 bits per heavy atom. The number of benzene rings is 1. The fourth-order valence-electron chi connectivity index (χ4n) is 4.96. The molecule has 2 aliphatic rings. The first-order valence-electron chi connectivity index (χ1n) is 14.6. The average molecular weight is 654 g/mol. The molecule has 4 heterocycles. The van der Waals surface area contributed by atoms with E-state index in [2.05, 4.69) is 15.6 Å². The van der Waals surface area contributed by atoms with Crippen molar-refractivity contribution < 1.29 is 27.9 Å². The van der Waals surface area contributed by atoms with E-state index in [1.165, 1.54) is 46.8 Å². The van der Waals surface area contributed by atoms with Crippen LogP contribution in [-0.2, 0) is 18.4 Å². The molecule has 0 radical (unpaired) electrons. The Labute approximate surface area is 268 Å². The van der Waals surface area contributed by atoms with Gasteiger partial charge in [0.05, 0.1) is 43.3 Å². The Morgan fingerprint density at radius 1 is 1.20 bits per heavy atom. The number of amides is 2. The van der Waals surface area contributed by atoms with Gasteiger partial charge in [0.1, 0.15) is 11.4 Å². The van der Waals surface area contributed by atoms with Crippen LogP contribution in [0.5, 0.6) is 5.88 Å². The van der Waals surface area contributed by atoms with E-state index in [4.69, 9.17) is 9.57 Å². The topological polar surface area (TPSA) is 142 Å². The molecule has 2 N–H and O–H groups in total. The third kappa shape index (κ3) is 7.88. The second kappa shape index (κ2) is 14.0. The first kappa shape index (κ1) is 33.0. The number of pyridine rings is 2. The van der Waals surface area contributed by atoms with E-state index in [1.54, 1.807) is 33.2 Å². The van der Waals surface area contributed by atoms with Gasteiger partial charge in [0, 0.05) is 38.0 Å². The first-order chi connectivity index (χ1) is 21.9. The number of aryl methyl sites for hydroxylation is 1. The Kier molecular flexibility index (Phi) is 10.0. The largest absolute Gasteiger partial charge is 0.475 e. The highest BCUT2D eigenvalue weighted by molar-refractivity contribution is 7.96. The van der Waals surface area contributed by atoms with Crippen molar-refractivity contribution >= 4 is 29.6 Å². The van der Waals surface area contributed by atoms with Gasteiger partial charge < -0.3 is 24.8 Å². The number of hydrogen-bond acceptors (Lipinski definition) is 10. The van der Waals surface area contributed by atoms with Gasteiger partial charge in [0.15, 0.2) is 0 Å². The van der Waals surface area contributed by atoms with Crippen LogP contribution in [0.2, 0.25) is 0 Å². The maximum Gasteiger partial charge on any atom is 0.282 e. The fourth-order valence-corrected chi connectivity index (χ4v) is 5.70. The molecule has 0 unspecified atom stereocenters. The molecular weight excluding hydrogens is 620 g/mol. The summed E-state index contributed by atoms with van der Waals surface area (Å²) in [4.78, 5) is 50.5. The number of halogens is 2. The van der Waals surface area contributed by atoms with Gasteiger partial charge in [-0.2, -0.15) is 10.2 Å². The van der Waals surface area contributed by atoms with Gasteiger partial charge in [-0.3, -0.25) is 19.2 Å². The van der Waals surface area contributed by atoms with Gasteiger partial charge >= 0.3 is 0 Å². The number of nitrogens with one attached hydrogen (secondary N) is 2. The monoisotopic (exact) mass is 653 g/mol. The molecule has 2 aromatic heterocycles. The van der Waals surface area contributed by atoms with Crippen molar-refractivity contribution in [2.75, 3.05) is 37.4 Å². The number of hydrogen-bond donors (Lipinski definition) is 2. The predicted octanol–water partition coefficient (Wildman–Crippen LogP) is 3.78. The molecule has 12 nitrogen and oxygen atoms in total. The lowest BCUT2D eigenvalue weighted by Crippen LogP contribution is -2.58. The number of alkyl halides is 2. The minimum Gasteiger partial charge on any atom is -0.475 e. The minimum absolute atomic E-state index is 0.0315. The van der Waals surface area contributed by atoms with Crippen LogP contribution in [0, 0.1) is 11.3 Å².